The highest BCUT2D eigenvalue weighted by Crippen LogP contribution is 2.35. The molecule has 1 amide bonds. The maximum atomic E-state index is 12.3. The molecule has 0 saturated heterocycles. The van der Waals surface area contributed by atoms with Gasteiger partial charge in [0, 0.05) is 21.7 Å². The molecule has 3 aromatic rings. The standard InChI is InChI=1S/C23H15ClN2O2/c24-18-7-10-20-21(23(27)26-22(20)12-18)11-15-5-8-19(9-6-15)28-14-17-4-2-1-3-16(17)13-25/h1-12H,14H2,(H,26,27)/b21-11+. The van der Waals surface area contributed by atoms with Crippen LogP contribution in [0.1, 0.15) is 22.3 Å². The number of hydrogen-bond acceptors (Lipinski definition) is 3. The van der Waals surface area contributed by atoms with Crippen LogP contribution in [0.15, 0.2) is 66.7 Å². The number of anilines is 1. The lowest BCUT2D eigenvalue weighted by atomic mass is 10.0. The average Bonchev–Trinajstić information content (AvgIpc) is 3.01. The minimum Gasteiger partial charge on any atom is -0.489 e. The van der Waals surface area contributed by atoms with Crippen LogP contribution in [0.25, 0.3) is 11.6 Å². The summed E-state index contributed by atoms with van der Waals surface area (Å²) in [7, 11) is 0. The Morgan fingerprint density at radius 3 is 2.64 bits per heavy atom. The lowest BCUT2D eigenvalue weighted by Crippen LogP contribution is -2.03. The number of benzene rings is 3. The highest BCUT2D eigenvalue weighted by Gasteiger charge is 2.23. The smallest absolute Gasteiger partial charge is 0.256 e. The van der Waals surface area contributed by atoms with Crippen molar-refractivity contribution in [1.29, 1.82) is 5.26 Å². The molecule has 0 radical (unpaired) electrons. The number of halogens is 1. The summed E-state index contributed by atoms with van der Waals surface area (Å²) >= 11 is 5.99. The molecule has 1 aliphatic heterocycles. The molecule has 0 aromatic heterocycles. The molecule has 0 bridgehead atoms. The first-order chi connectivity index (χ1) is 13.6. The third-order valence-electron chi connectivity index (χ3n) is 4.49. The Balaban J connectivity index is 1.51. The molecule has 0 fully saturated rings. The first-order valence-corrected chi connectivity index (χ1v) is 9.06. The normalized spacial score (nSPS) is 13.7. The van der Waals surface area contributed by atoms with Crippen molar-refractivity contribution in [2.75, 3.05) is 5.32 Å². The summed E-state index contributed by atoms with van der Waals surface area (Å²) in [5.74, 6) is 0.545. The first kappa shape index (κ1) is 17.8. The van der Waals surface area contributed by atoms with E-state index in [-0.39, 0.29) is 5.91 Å². The number of carbonyl (C=O) groups excluding carboxylic acids is 1. The van der Waals surface area contributed by atoms with E-state index in [0.29, 0.717) is 28.5 Å². The minimum absolute atomic E-state index is 0.147. The zero-order chi connectivity index (χ0) is 19.5. The van der Waals surface area contributed by atoms with Crippen molar-refractivity contribution in [3.05, 3.63) is 94.0 Å². The minimum atomic E-state index is -0.147. The Labute approximate surface area is 167 Å². The van der Waals surface area contributed by atoms with Crippen molar-refractivity contribution in [2.24, 2.45) is 0 Å². The maximum Gasteiger partial charge on any atom is 0.256 e. The zero-order valence-corrected chi connectivity index (χ0v) is 15.5. The van der Waals surface area contributed by atoms with Crippen LogP contribution in [0.2, 0.25) is 5.02 Å². The van der Waals surface area contributed by atoms with E-state index in [1.807, 2.05) is 54.6 Å². The van der Waals surface area contributed by atoms with E-state index in [1.165, 1.54) is 0 Å². The van der Waals surface area contributed by atoms with Gasteiger partial charge in [0.05, 0.1) is 17.3 Å². The van der Waals surface area contributed by atoms with Crippen molar-refractivity contribution in [3.63, 3.8) is 0 Å². The van der Waals surface area contributed by atoms with Crippen LogP contribution < -0.4 is 10.1 Å². The molecule has 4 nitrogen and oxygen atoms in total. The SMILES string of the molecule is N#Cc1ccccc1COc1ccc(/C=C2/C(=O)Nc3cc(Cl)ccc32)cc1. The van der Waals surface area contributed by atoms with Gasteiger partial charge in [0.1, 0.15) is 12.4 Å². The van der Waals surface area contributed by atoms with Gasteiger partial charge in [0.2, 0.25) is 0 Å². The molecule has 0 saturated carbocycles. The second-order valence-electron chi connectivity index (χ2n) is 6.33. The van der Waals surface area contributed by atoms with Crippen LogP contribution in [-0.2, 0) is 11.4 Å². The Bertz CT molecular complexity index is 1130. The van der Waals surface area contributed by atoms with Gasteiger partial charge in [-0.25, -0.2) is 0 Å². The Hall–Kier alpha value is -3.55. The molecule has 28 heavy (non-hydrogen) atoms. The van der Waals surface area contributed by atoms with E-state index in [9.17, 15) is 4.79 Å². The fourth-order valence-electron chi connectivity index (χ4n) is 3.05. The molecule has 0 unspecified atom stereocenters. The summed E-state index contributed by atoms with van der Waals surface area (Å²) in [4.78, 5) is 12.3. The van der Waals surface area contributed by atoms with Gasteiger partial charge in [-0.05, 0) is 42.0 Å². The number of amides is 1. The van der Waals surface area contributed by atoms with Crippen LogP contribution in [0.3, 0.4) is 0 Å². The number of ether oxygens (including phenoxy) is 1. The predicted molar refractivity (Wildman–Crippen MR) is 110 cm³/mol. The molecule has 0 aliphatic carbocycles. The number of fused-ring (bicyclic) bond motifs is 1. The number of nitrogens with zero attached hydrogens (tertiary/aromatic N) is 1. The van der Waals surface area contributed by atoms with Crippen LogP contribution in [-0.4, -0.2) is 5.91 Å². The van der Waals surface area contributed by atoms with Crippen LogP contribution in [0, 0.1) is 11.3 Å². The van der Waals surface area contributed by atoms with E-state index in [0.717, 1.165) is 22.4 Å². The maximum absolute atomic E-state index is 12.3. The molecule has 4 rings (SSSR count). The predicted octanol–water partition coefficient (Wildman–Crippen LogP) is 5.28. The molecular formula is C23H15ClN2O2. The fourth-order valence-corrected chi connectivity index (χ4v) is 3.23. The molecule has 3 aromatic carbocycles. The van der Waals surface area contributed by atoms with Crippen LogP contribution >= 0.6 is 11.6 Å². The summed E-state index contributed by atoms with van der Waals surface area (Å²) in [6.45, 7) is 0.320. The molecule has 136 valence electrons. The van der Waals surface area contributed by atoms with Gasteiger partial charge in [-0.2, -0.15) is 5.26 Å². The van der Waals surface area contributed by atoms with Gasteiger partial charge in [-0.3, -0.25) is 4.79 Å². The molecule has 1 N–H and O–H groups in total. The highest BCUT2D eigenvalue weighted by atomic mass is 35.5. The third-order valence-corrected chi connectivity index (χ3v) is 4.72. The van der Waals surface area contributed by atoms with E-state index in [1.54, 1.807) is 18.2 Å². The number of nitrogens with one attached hydrogen (secondary N) is 1. The van der Waals surface area contributed by atoms with E-state index in [2.05, 4.69) is 11.4 Å². The first-order valence-electron chi connectivity index (χ1n) is 8.68. The number of carbonyl (C=O) groups is 1. The number of rotatable bonds is 4. The van der Waals surface area contributed by atoms with Crippen molar-refractivity contribution < 1.29 is 9.53 Å². The number of nitriles is 1. The molecule has 0 atom stereocenters. The summed E-state index contributed by atoms with van der Waals surface area (Å²) in [5.41, 5.74) is 4.49. The molecule has 0 spiro atoms. The van der Waals surface area contributed by atoms with Gasteiger partial charge in [-0.1, -0.05) is 48.0 Å². The van der Waals surface area contributed by atoms with E-state index in [4.69, 9.17) is 21.6 Å². The summed E-state index contributed by atoms with van der Waals surface area (Å²) in [6.07, 6.45) is 1.84. The fraction of sp³-hybridized carbons (Fsp3) is 0.0435. The van der Waals surface area contributed by atoms with Crippen molar-refractivity contribution >= 4 is 34.8 Å². The second kappa shape index (κ2) is 7.59. The molecule has 5 heteroatoms. The van der Waals surface area contributed by atoms with Gasteiger partial charge >= 0.3 is 0 Å². The topological polar surface area (TPSA) is 62.1 Å². The summed E-state index contributed by atoms with van der Waals surface area (Å²) < 4.78 is 5.78. The van der Waals surface area contributed by atoms with E-state index >= 15 is 0 Å². The van der Waals surface area contributed by atoms with E-state index < -0.39 is 0 Å². The quantitative estimate of drug-likeness (QED) is 0.620. The Morgan fingerprint density at radius 1 is 1.07 bits per heavy atom. The Kier molecular flexibility index (Phi) is 4.84. The average molecular weight is 387 g/mol. The molecular weight excluding hydrogens is 372 g/mol. The van der Waals surface area contributed by atoms with Crippen molar-refractivity contribution in [3.8, 4) is 11.8 Å². The van der Waals surface area contributed by atoms with Crippen LogP contribution in [0.5, 0.6) is 5.75 Å². The lowest BCUT2D eigenvalue weighted by Gasteiger charge is -2.08. The third kappa shape index (κ3) is 3.62. The van der Waals surface area contributed by atoms with Gasteiger partial charge < -0.3 is 10.1 Å². The Morgan fingerprint density at radius 2 is 1.86 bits per heavy atom. The molecule has 1 heterocycles. The summed E-state index contributed by atoms with van der Waals surface area (Å²) in [6, 6.07) is 22.3. The highest BCUT2D eigenvalue weighted by molar-refractivity contribution is 6.36. The van der Waals surface area contributed by atoms with Gasteiger partial charge in [0.25, 0.3) is 5.91 Å². The summed E-state index contributed by atoms with van der Waals surface area (Å²) in [5, 5.41) is 12.6. The molecule has 1 aliphatic rings. The monoisotopic (exact) mass is 386 g/mol. The van der Waals surface area contributed by atoms with Gasteiger partial charge in [-0.15, -0.1) is 0 Å². The number of hydrogen-bond donors (Lipinski definition) is 1. The van der Waals surface area contributed by atoms with Crippen molar-refractivity contribution in [2.45, 2.75) is 6.61 Å². The van der Waals surface area contributed by atoms with Crippen LogP contribution in [0.4, 0.5) is 5.69 Å². The lowest BCUT2D eigenvalue weighted by molar-refractivity contribution is -0.110. The van der Waals surface area contributed by atoms with Gasteiger partial charge in [0.15, 0.2) is 0 Å². The van der Waals surface area contributed by atoms with Crippen molar-refractivity contribution in [1.82, 2.24) is 0 Å². The zero-order valence-electron chi connectivity index (χ0n) is 14.8. The largest absolute Gasteiger partial charge is 0.489 e. The second-order valence-corrected chi connectivity index (χ2v) is 6.77.